The van der Waals surface area contributed by atoms with Crippen LogP contribution in [0.25, 0.3) is 0 Å². The lowest BCUT2D eigenvalue weighted by Crippen LogP contribution is -2.44. The fourth-order valence-corrected chi connectivity index (χ4v) is 2.88. The molecule has 3 amide bonds. The highest BCUT2D eigenvalue weighted by Gasteiger charge is 2.32. The number of amides is 3. The summed E-state index contributed by atoms with van der Waals surface area (Å²) < 4.78 is 5.28. The van der Waals surface area contributed by atoms with E-state index >= 15 is 0 Å². The van der Waals surface area contributed by atoms with Gasteiger partial charge in [-0.3, -0.25) is 14.4 Å². The normalized spacial score (nSPS) is 20.1. The molecule has 1 unspecified atom stereocenters. The van der Waals surface area contributed by atoms with Gasteiger partial charge in [-0.2, -0.15) is 0 Å². The van der Waals surface area contributed by atoms with E-state index in [4.69, 9.17) is 10.5 Å². The maximum absolute atomic E-state index is 12.4. The number of nitrogens with two attached hydrogens (primary N) is 1. The molecule has 3 rings (SSSR count). The van der Waals surface area contributed by atoms with E-state index < -0.39 is 11.9 Å². The topological polar surface area (TPSA) is 102 Å². The predicted molar refractivity (Wildman–Crippen MR) is 78.2 cm³/mol. The van der Waals surface area contributed by atoms with E-state index in [-0.39, 0.29) is 24.8 Å². The van der Waals surface area contributed by atoms with Crippen molar-refractivity contribution in [1.82, 2.24) is 4.90 Å². The summed E-state index contributed by atoms with van der Waals surface area (Å²) in [5, 5.41) is 2.71. The summed E-state index contributed by atoms with van der Waals surface area (Å²) in [6.07, 6.45) is 1.57. The van der Waals surface area contributed by atoms with Crippen LogP contribution in [0.1, 0.15) is 18.4 Å². The highest BCUT2D eigenvalue weighted by molar-refractivity contribution is 5.95. The van der Waals surface area contributed by atoms with Gasteiger partial charge in [-0.15, -0.1) is 0 Å². The van der Waals surface area contributed by atoms with Crippen molar-refractivity contribution in [3.8, 4) is 5.75 Å². The Bertz CT molecular complexity index is 644. The molecular weight excluding hydrogens is 286 g/mol. The van der Waals surface area contributed by atoms with Crippen molar-refractivity contribution in [3.05, 3.63) is 23.8 Å². The van der Waals surface area contributed by atoms with E-state index in [0.717, 1.165) is 12.0 Å². The molecular formula is C15H17N3O4. The van der Waals surface area contributed by atoms with Gasteiger partial charge in [0, 0.05) is 6.54 Å². The van der Waals surface area contributed by atoms with Gasteiger partial charge in [-0.25, -0.2) is 0 Å². The summed E-state index contributed by atoms with van der Waals surface area (Å²) in [6.45, 7) is 0.552. The van der Waals surface area contributed by atoms with Gasteiger partial charge in [-0.05, 0) is 30.5 Å². The van der Waals surface area contributed by atoms with Crippen LogP contribution < -0.4 is 15.8 Å². The molecule has 1 fully saturated rings. The molecule has 22 heavy (non-hydrogen) atoms. The highest BCUT2D eigenvalue weighted by atomic mass is 16.5. The van der Waals surface area contributed by atoms with Crippen LogP contribution in [0.4, 0.5) is 5.69 Å². The van der Waals surface area contributed by atoms with Gasteiger partial charge in [0.15, 0.2) is 6.61 Å². The van der Waals surface area contributed by atoms with Crippen molar-refractivity contribution < 1.29 is 19.1 Å². The Hall–Kier alpha value is -2.57. The molecule has 3 N–H and O–H groups in total. The predicted octanol–water partition coefficient (Wildman–Crippen LogP) is 0.0363. The first-order valence-electron chi connectivity index (χ1n) is 7.19. The number of nitrogens with zero attached hydrogens (tertiary/aromatic N) is 1. The van der Waals surface area contributed by atoms with Crippen molar-refractivity contribution in [2.75, 3.05) is 18.5 Å². The maximum Gasteiger partial charge on any atom is 0.262 e. The average Bonchev–Trinajstić information content (AvgIpc) is 2.96. The van der Waals surface area contributed by atoms with Crippen molar-refractivity contribution in [1.29, 1.82) is 0 Å². The summed E-state index contributed by atoms with van der Waals surface area (Å²) in [6, 6.07) is 4.73. The fourth-order valence-electron chi connectivity index (χ4n) is 2.88. The number of hydrogen-bond donors (Lipinski definition) is 2. The molecule has 7 heteroatoms. The molecule has 116 valence electrons. The molecule has 2 heterocycles. The van der Waals surface area contributed by atoms with Crippen LogP contribution in [-0.4, -0.2) is 41.8 Å². The Morgan fingerprint density at radius 2 is 2.23 bits per heavy atom. The lowest BCUT2D eigenvalue weighted by Gasteiger charge is -2.23. The quantitative estimate of drug-likeness (QED) is 0.823. The van der Waals surface area contributed by atoms with Crippen molar-refractivity contribution in [2.24, 2.45) is 5.73 Å². The Morgan fingerprint density at radius 3 is 3.00 bits per heavy atom. The van der Waals surface area contributed by atoms with Crippen LogP contribution in [0.3, 0.4) is 0 Å². The minimum atomic E-state index is -0.506. The maximum atomic E-state index is 12.4. The van der Waals surface area contributed by atoms with Crippen LogP contribution in [0, 0.1) is 0 Å². The molecule has 0 aliphatic carbocycles. The number of fused-ring (bicyclic) bond motifs is 1. The molecule has 0 bridgehead atoms. The molecule has 1 aromatic rings. The molecule has 0 spiro atoms. The second-order valence-electron chi connectivity index (χ2n) is 5.49. The van der Waals surface area contributed by atoms with E-state index in [1.165, 1.54) is 4.90 Å². The second-order valence-corrected chi connectivity index (χ2v) is 5.49. The first-order valence-corrected chi connectivity index (χ1v) is 7.19. The standard InChI is InChI=1S/C15H17N3O4/c16-15(21)11-2-1-5-18(11)14(20)7-9-3-4-12-10(6-9)17-13(19)8-22-12/h3-4,6,11H,1-2,5,7-8H2,(H2,16,21)(H,17,19). The zero-order valence-electron chi connectivity index (χ0n) is 12.0. The zero-order valence-corrected chi connectivity index (χ0v) is 12.0. The summed E-state index contributed by atoms with van der Waals surface area (Å²) in [5.41, 5.74) is 6.65. The van der Waals surface area contributed by atoms with Crippen LogP contribution >= 0.6 is 0 Å². The van der Waals surface area contributed by atoms with E-state index in [1.807, 2.05) is 0 Å². The first kappa shape index (κ1) is 14.4. The van der Waals surface area contributed by atoms with Gasteiger partial charge >= 0.3 is 0 Å². The van der Waals surface area contributed by atoms with Crippen molar-refractivity contribution in [3.63, 3.8) is 0 Å². The van der Waals surface area contributed by atoms with Crippen molar-refractivity contribution >= 4 is 23.4 Å². The third-order valence-corrected chi connectivity index (χ3v) is 3.93. The van der Waals surface area contributed by atoms with E-state index in [0.29, 0.717) is 24.4 Å². The second kappa shape index (κ2) is 5.67. The molecule has 1 atom stereocenters. The van der Waals surface area contributed by atoms with Gasteiger partial charge in [0.2, 0.25) is 11.8 Å². The monoisotopic (exact) mass is 303 g/mol. The molecule has 2 aliphatic heterocycles. The Kier molecular flexibility index (Phi) is 3.70. The van der Waals surface area contributed by atoms with Gasteiger partial charge in [-0.1, -0.05) is 6.07 Å². The third kappa shape index (κ3) is 2.74. The number of hydrogen-bond acceptors (Lipinski definition) is 4. The third-order valence-electron chi connectivity index (χ3n) is 3.93. The van der Waals surface area contributed by atoms with E-state index in [1.54, 1.807) is 18.2 Å². The molecule has 1 aromatic carbocycles. The largest absolute Gasteiger partial charge is 0.482 e. The molecule has 1 saturated heterocycles. The number of carbonyl (C=O) groups excluding carboxylic acids is 3. The Morgan fingerprint density at radius 1 is 1.41 bits per heavy atom. The number of ether oxygens (including phenoxy) is 1. The number of rotatable bonds is 3. The van der Waals surface area contributed by atoms with Gasteiger partial charge < -0.3 is 20.7 Å². The van der Waals surface area contributed by atoms with Crippen molar-refractivity contribution in [2.45, 2.75) is 25.3 Å². The Balaban J connectivity index is 1.73. The van der Waals surface area contributed by atoms with Crippen LogP contribution in [0.2, 0.25) is 0 Å². The number of likely N-dealkylation sites (tertiary alicyclic amines) is 1. The number of benzene rings is 1. The molecule has 7 nitrogen and oxygen atoms in total. The Labute approximate surface area is 127 Å². The summed E-state index contributed by atoms with van der Waals surface area (Å²) in [7, 11) is 0. The molecule has 0 aromatic heterocycles. The van der Waals surface area contributed by atoms with Crippen LogP contribution in [0.15, 0.2) is 18.2 Å². The highest BCUT2D eigenvalue weighted by Crippen LogP contribution is 2.29. The first-order chi connectivity index (χ1) is 10.5. The molecule has 0 radical (unpaired) electrons. The zero-order chi connectivity index (χ0) is 15.7. The minimum Gasteiger partial charge on any atom is -0.482 e. The van der Waals surface area contributed by atoms with Crippen LogP contribution in [-0.2, 0) is 20.8 Å². The average molecular weight is 303 g/mol. The van der Waals surface area contributed by atoms with Gasteiger partial charge in [0.05, 0.1) is 12.1 Å². The molecule has 2 aliphatic rings. The minimum absolute atomic E-state index is 0.000648. The lowest BCUT2D eigenvalue weighted by atomic mass is 10.1. The smallest absolute Gasteiger partial charge is 0.262 e. The van der Waals surface area contributed by atoms with Gasteiger partial charge in [0.1, 0.15) is 11.8 Å². The summed E-state index contributed by atoms with van der Waals surface area (Å²) in [4.78, 5) is 36.6. The van der Waals surface area contributed by atoms with Gasteiger partial charge in [0.25, 0.3) is 5.91 Å². The van der Waals surface area contributed by atoms with E-state index in [9.17, 15) is 14.4 Å². The number of carbonyl (C=O) groups is 3. The summed E-state index contributed by atoms with van der Waals surface area (Å²) in [5.74, 6) is -0.224. The number of primary amides is 1. The molecule has 0 saturated carbocycles. The number of nitrogens with one attached hydrogen (secondary N) is 1. The SMILES string of the molecule is NC(=O)C1CCCN1C(=O)Cc1ccc2c(c1)NC(=O)CO2. The fraction of sp³-hybridized carbons (Fsp3) is 0.400. The number of anilines is 1. The van der Waals surface area contributed by atoms with Crippen LogP contribution in [0.5, 0.6) is 5.75 Å². The van der Waals surface area contributed by atoms with E-state index in [2.05, 4.69) is 5.32 Å². The lowest BCUT2D eigenvalue weighted by molar-refractivity contribution is -0.136. The summed E-state index contributed by atoms with van der Waals surface area (Å²) >= 11 is 0.